The number of carbonyl (C=O) groups is 5. The lowest BCUT2D eigenvalue weighted by Gasteiger charge is -2.27. The molecular formula is C27H26Cl4N2O7S. The monoisotopic (exact) mass is 662 g/mol. The molecule has 1 aliphatic carbocycles. The van der Waals surface area contributed by atoms with Crippen molar-refractivity contribution in [3.63, 3.8) is 0 Å². The number of carbonyl (C=O) groups excluding carboxylic acids is 5. The van der Waals surface area contributed by atoms with E-state index in [0.717, 1.165) is 23.3 Å². The van der Waals surface area contributed by atoms with Crippen LogP contribution in [-0.4, -0.2) is 53.8 Å². The Hall–Kier alpha value is -2.37. The third kappa shape index (κ3) is 5.82. The molecule has 4 rings (SSSR count). The summed E-state index contributed by atoms with van der Waals surface area (Å²) in [4.78, 5) is 67.0. The Kier molecular flexibility index (Phi) is 9.60. The minimum atomic E-state index is -1.41. The highest BCUT2D eigenvalue weighted by Crippen LogP contribution is 2.46. The Morgan fingerprint density at radius 1 is 1.00 bits per heavy atom. The summed E-state index contributed by atoms with van der Waals surface area (Å²) in [5.74, 6) is -4.20. The van der Waals surface area contributed by atoms with Gasteiger partial charge in [-0.1, -0.05) is 67.2 Å². The van der Waals surface area contributed by atoms with Gasteiger partial charge < -0.3 is 14.8 Å². The number of benzene rings is 1. The highest BCUT2D eigenvalue weighted by molar-refractivity contribution is 7.17. The van der Waals surface area contributed by atoms with E-state index in [-0.39, 0.29) is 37.8 Å². The third-order valence-electron chi connectivity index (χ3n) is 6.87. The number of anilines is 1. The molecule has 2 aliphatic rings. The fraction of sp³-hybridized carbons (Fsp3) is 0.444. The van der Waals surface area contributed by atoms with E-state index in [9.17, 15) is 24.0 Å². The van der Waals surface area contributed by atoms with Crippen LogP contribution in [0.4, 0.5) is 5.00 Å². The lowest BCUT2D eigenvalue weighted by Crippen LogP contribution is -2.49. The Bertz CT molecular complexity index is 1430. The highest BCUT2D eigenvalue weighted by atomic mass is 35.5. The van der Waals surface area contributed by atoms with Crippen molar-refractivity contribution in [1.82, 2.24) is 4.90 Å². The summed E-state index contributed by atoms with van der Waals surface area (Å²) in [6, 6.07) is -1.41. The molecule has 0 saturated heterocycles. The van der Waals surface area contributed by atoms with Gasteiger partial charge in [-0.15, -0.1) is 11.3 Å². The molecule has 0 spiro atoms. The van der Waals surface area contributed by atoms with Crippen molar-refractivity contribution in [1.29, 1.82) is 0 Å². The first kappa shape index (κ1) is 31.6. The van der Waals surface area contributed by atoms with Gasteiger partial charge in [0.1, 0.15) is 11.0 Å². The smallest absolute Gasteiger partial charge is 0.341 e. The van der Waals surface area contributed by atoms with E-state index >= 15 is 0 Å². The highest BCUT2D eigenvalue weighted by Gasteiger charge is 2.48. The maximum atomic E-state index is 13.3. The second-order valence-corrected chi connectivity index (χ2v) is 12.7. The van der Waals surface area contributed by atoms with Crippen molar-refractivity contribution >= 4 is 92.4 Å². The number of imide groups is 1. The zero-order valence-corrected chi connectivity index (χ0v) is 26.3. The molecule has 1 N–H and O–H groups in total. The van der Waals surface area contributed by atoms with E-state index < -0.39 is 48.2 Å². The van der Waals surface area contributed by atoms with E-state index in [4.69, 9.17) is 55.9 Å². The Morgan fingerprint density at radius 3 is 2.12 bits per heavy atom. The van der Waals surface area contributed by atoms with Crippen LogP contribution in [0.2, 0.25) is 20.1 Å². The summed E-state index contributed by atoms with van der Waals surface area (Å²) < 4.78 is 10.5. The van der Waals surface area contributed by atoms with Crippen LogP contribution in [0, 0.1) is 11.8 Å². The molecule has 41 heavy (non-hydrogen) atoms. The predicted octanol–water partition coefficient (Wildman–Crippen LogP) is 6.47. The standard InChI is InChI=1S/C27H26Cl4N2O7S/c1-5-39-26(37)15-12-7-6-11(4)8-13(12)41-23(15)32-14(34)9-40-27(38)22(10(2)3)33-24(35)16-17(25(33)36)19(29)21(31)20(30)18(16)28/h10-11,22H,5-9H2,1-4H3,(H,32,34). The van der Waals surface area contributed by atoms with Gasteiger partial charge in [-0.2, -0.15) is 0 Å². The van der Waals surface area contributed by atoms with E-state index in [1.54, 1.807) is 20.8 Å². The van der Waals surface area contributed by atoms with Gasteiger partial charge in [0.05, 0.1) is 43.4 Å². The number of esters is 2. The molecule has 0 radical (unpaired) electrons. The van der Waals surface area contributed by atoms with Crippen LogP contribution in [0.25, 0.3) is 0 Å². The molecule has 2 unspecified atom stereocenters. The number of thiophene rings is 1. The fourth-order valence-corrected chi connectivity index (χ4v) is 7.37. The van der Waals surface area contributed by atoms with Crippen molar-refractivity contribution < 1.29 is 33.4 Å². The lowest BCUT2D eigenvalue weighted by atomic mass is 9.88. The SMILES string of the molecule is CCOC(=O)c1c(NC(=O)COC(=O)C(C(C)C)N2C(=O)c3c(Cl)c(Cl)c(Cl)c(Cl)c3C2=O)sc2c1CCC(C)C2. The van der Waals surface area contributed by atoms with Gasteiger partial charge in [0.2, 0.25) is 0 Å². The summed E-state index contributed by atoms with van der Waals surface area (Å²) in [7, 11) is 0. The van der Waals surface area contributed by atoms with Crippen LogP contribution in [0.1, 0.15) is 75.6 Å². The van der Waals surface area contributed by atoms with Crippen molar-refractivity contribution in [2.45, 2.75) is 53.0 Å². The van der Waals surface area contributed by atoms with Crippen LogP contribution in [0.5, 0.6) is 0 Å². The van der Waals surface area contributed by atoms with Crippen molar-refractivity contribution in [3.8, 4) is 0 Å². The van der Waals surface area contributed by atoms with E-state index in [1.165, 1.54) is 11.3 Å². The van der Waals surface area contributed by atoms with E-state index in [1.807, 2.05) is 0 Å². The molecule has 1 aromatic carbocycles. The first-order valence-corrected chi connectivity index (χ1v) is 15.1. The molecule has 1 aliphatic heterocycles. The number of amides is 3. The van der Waals surface area contributed by atoms with E-state index in [0.29, 0.717) is 27.8 Å². The summed E-state index contributed by atoms with van der Waals surface area (Å²) in [6.07, 6.45) is 2.37. The molecule has 3 amide bonds. The minimum Gasteiger partial charge on any atom is -0.462 e. The number of rotatable bonds is 8. The predicted molar refractivity (Wildman–Crippen MR) is 157 cm³/mol. The van der Waals surface area contributed by atoms with Gasteiger partial charge in [-0.05, 0) is 43.6 Å². The number of nitrogens with one attached hydrogen (secondary N) is 1. The van der Waals surface area contributed by atoms with Gasteiger partial charge in [0.15, 0.2) is 6.61 Å². The molecule has 2 atom stereocenters. The maximum absolute atomic E-state index is 13.3. The summed E-state index contributed by atoms with van der Waals surface area (Å²) in [5, 5.41) is 2.05. The van der Waals surface area contributed by atoms with E-state index in [2.05, 4.69) is 12.2 Å². The number of ether oxygens (including phenoxy) is 2. The second-order valence-electron chi connectivity index (χ2n) is 10.1. The Morgan fingerprint density at radius 2 is 1.59 bits per heavy atom. The molecule has 220 valence electrons. The molecule has 1 aromatic heterocycles. The van der Waals surface area contributed by atoms with Gasteiger partial charge in [-0.3, -0.25) is 19.3 Å². The number of nitrogens with zero attached hydrogens (tertiary/aromatic N) is 1. The number of halogens is 4. The molecule has 14 heteroatoms. The molecule has 2 aromatic rings. The topological polar surface area (TPSA) is 119 Å². The summed E-state index contributed by atoms with van der Waals surface area (Å²) >= 11 is 25.9. The van der Waals surface area contributed by atoms with Gasteiger partial charge in [0.25, 0.3) is 17.7 Å². The molecular weight excluding hydrogens is 638 g/mol. The van der Waals surface area contributed by atoms with Crippen molar-refractivity contribution in [3.05, 3.63) is 47.2 Å². The Balaban J connectivity index is 1.52. The number of hydrogen-bond acceptors (Lipinski definition) is 8. The second kappa shape index (κ2) is 12.5. The molecule has 0 fully saturated rings. The molecule has 2 heterocycles. The van der Waals surface area contributed by atoms with Crippen molar-refractivity contribution in [2.24, 2.45) is 11.8 Å². The fourth-order valence-electron chi connectivity index (χ4n) is 4.94. The molecule has 9 nitrogen and oxygen atoms in total. The van der Waals surface area contributed by atoms with Crippen LogP contribution >= 0.6 is 57.7 Å². The first-order valence-electron chi connectivity index (χ1n) is 12.8. The number of hydrogen-bond donors (Lipinski definition) is 1. The van der Waals surface area contributed by atoms with Gasteiger partial charge in [-0.25, -0.2) is 9.59 Å². The normalized spacial score (nSPS) is 16.9. The van der Waals surface area contributed by atoms with Crippen molar-refractivity contribution in [2.75, 3.05) is 18.5 Å². The summed E-state index contributed by atoms with van der Waals surface area (Å²) in [6.45, 7) is 6.46. The van der Waals surface area contributed by atoms with Crippen LogP contribution in [0.3, 0.4) is 0 Å². The number of fused-ring (bicyclic) bond motifs is 2. The first-order chi connectivity index (χ1) is 19.3. The Labute approximate surface area is 260 Å². The lowest BCUT2D eigenvalue weighted by molar-refractivity contribution is -0.152. The average molecular weight is 664 g/mol. The minimum absolute atomic E-state index is 0.175. The largest absolute Gasteiger partial charge is 0.462 e. The maximum Gasteiger partial charge on any atom is 0.341 e. The molecule has 0 bridgehead atoms. The van der Waals surface area contributed by atoms with Gasteiger partial charge >= 0.3 is 11.9 Å². The third-order valence-corrected chi connectivity index (χ3v) is 9.85. The van der Waals surface area contributed by atoms with Gasteiger partial charge in [0, 0.05) is 4.88 Å². The molecule has 0 saturated carbocycles. The average Bonchev–Trinajstić information content (AvgIpc) is 3.38. The van der Waals surface area contributed by atoms with Crippen LogP contribution in [-0.2, 0) is 31.9 Å². The zero-order valence-electron chi connectivity index (χ0n) is 22.5. The summed E-state index contributed by atoms with van der Waals surface area (Å²) in [5.41, 5.74) is 0.641. The zero-order chi connectivity index (χ0) is 30.3. The van der Waals surface area contributed by atoms with Crippen LogP contribution < -0.4 is 5.32 Å². The quantitative estimate of drug-likeness (QED) is 0.149. The van der Waals surface area contributed by atoms with Crippen LogP contribution in [0.15, 0.2) is 0 Å².